The quantitative estimate of drug-likeness (QED) is 0.472. The van der Waals surface area contributed by atoms with Gasteiger partial charge in [0.1, 0.15) is 17.4 Å². The molecule has 2 aromatic carbocycles. The van der Waals surface area contributed by atoms with E-state index in [0.717, 1.165) is 12.1 Å². The average molecular weight is 411 g/mol. The fourth-order valence-electron chi connectivity index (χ4n) is 2.77. The maximum atomic E-state index is 13.0. The molecule has 30 heavy (non-hydrogen) atoms. The third kappa shape index (κ3) is 4.70. The van der Waals surface area contributed by atoms with Gasteiger partial charge < -0.3 is 14.6 Å². The van der Waals surface area contributed by atoms with E-state index in [9.17, 15) is 23.2 Å². The van der Waals surface area contributed by atoms with E-state index in [1.165, 1.54) is 29.9 Å². The summed E-state index contributed by atoms with van der Waals surface area (Å²) in [5.74, 6) is -0.115. The first-order valence-electron chi connectivity index (χ1n) is 8.74. The Morgan fingerprint density at radius 2 is 1.90 bits per heavy atom. The number of aromatic nitrogens is 1. The lowest BCUT2D eigenvalue weighted by molar-refractivity contribution is -0.137. The summed E-state index contributed by atoms with van der Waals surface area (Å²) in [6.07, 6.45) is -1.61. The minimum absolute atomic E-state index is 0.204. The van der Waals surface area contributed by atoms with Crippen LogP contribution in [0, 0.1) is 11.3 Å². The molecule has 3 aromatic rings. The second-order valence-corrected chi connectivity index (χ2v) is 6.21. The van der Waals surface area contributed by atoms with Gasteiger partial charge in [-0.05, 0) is 48.5 Å². The summed E-state index contributed by atoms with van der Waals surface area (Å²) >= 11 is 0. The van der Waals surface area contributed by atoms with Gasteiger partial charge in [-0.1, -0.05) is 12.1 Å². The second kappa shape index (κ2) is 8.57. The molecule has 0 saturated carbocycles. The Morgan fingerprint density at radius 3 is 2.60 bits per heavy atom. The molecule has 1 heterocycles. The van der Waals surface area contributed by atoms with Crippen molar-refractivity contribution in [1.82, 2.24) is 4.57 Å². The van der Waals surface area contributed by atoms with E-state index in [4.69, 9.17) is 4.74 Å². The average Bonchev–Trinajstić information content (AvgIpc) is 3.19. The first kappa shape index (κ1) is 20.7. The van der Waals surface area contributed by atoms with Gasteiger partial charge in [0.05, 0.1) is 12.7 Å². The Labute approximate surface area is 170 Å². The molecular weight excluding hydrogens is 395 g/mol. The van der Waals surface area contributed by atoms with Crippen molar-refractivity contribution in [2.45, 2.75) is 6.18 Å². The first-order valence-corrected chi connectivity index (χ1v) is 8.74. The van der Waals surface area contributed by atoms with Crippen LogP contribution in [0.25, 0.3) is 11.8 Å². The second-order valence-electron chi connectivity index (χ2n) is 6.21. The SMILES string of the molecule is COc1cccc(NC(=O)C(C#N)=Cc2cccn2-c2cccc(C(F)(F)F)c2)c1. The molecule has 1 aromatic heterocycles. The molecule has 0 fully saturated rings. The Kier molecular flexibility index (Phi) is 5.93. The lowest BCUT2D eigenvalue weighted by Gasteiger charge is -2.11. The van der Waals surface area contributed by atoms with Crippen LogP contribution in [-0.2, 0) is 11.0 Å². The molecule has 0 unspecified atom stereocenters. The predicted molar refractivity (Wildman–Crippen MR) is 106 cm³/mol. The number of carbonyl (C=O) groups is 1. The highest BCUT2D eigenvalue weighted by Crippen LogP contribution is 2.30. The van der Waals surface area contributed by atoms with Crippen LogP contribution in [0.2, 0.25) is 0 Å². The highest BCUT2D eigenvalue weighted by molar-refractivity contribution is 6.09. The van der Waals surface area contributed by atoms with Crippen molar-refractivity contribution in [3.05, 3.63) is 83.7 Å². The third-order valence-electron chi connectivity index (χ3n) is 4.22. The van der Waals surface area contributed by atoms with E-state index in [-0.39, 0.29) is 11.3 Å². The summed E-state index contributed by atoms with van der Waals surface area (Å²) in [6, 6.07) is 16.4. The Hall–Kier alpha value is -3.99. The van der Waals surface area contributed by atoms with Crippen LogP contribution in [0.5, 0.6) is 5.75 Å². The minimum atomic E-state index is -4.48. The van der Waals surface area contributed by atoms with E-state index in [2.05, 4.69) is 5.32 Å². The number of nitriles is 1. The Bertz CT molecular complexity index is 1140. The summed E-state index contributed by atoms with van der Waals surface area (Å²) < 4.78 is 45.6. The molecule has 0 bridgehead atoms. The molecule has 0 aliphatic heterocycles. The Balaban J connectivity index is 1.90. The van der Waals surface area contributed by atoms with Crippen molar-refractivity contribution in [1.29, 1.82) is 5.26 Å². The van der Waals surface area contributed by atoms with Crippen molar-refractivity contribution in [2.75, 3.05) is 12.4 Å². The summed E-state index contributed by atoms with van der Waals surface area (Å²) in [5.41, 5.74) is 0.0802. The highest BCUT2D eigenvalue weighted by atomic mass is 19.4. The number of nitrogens with one attached hydrogen (secondary N) is 1. The van der Waals surface area contributed by atoms with Gasteiger partial charge in [-0.25, -0.2) is 0 Å². The van der Waals surface area contributed by atoms with Crippen LogP contribution in [0.4, 0.5) is 18.9 Å². The molecule has 0 radical (unpaired) electrons. The van der Waals surface area contributed by atoms with Gasteiger partial charge in [0.25, 0.3) is 5.91 Å². The number of hydrogen-bond acceptors (Lipinski definition) is 3. The molecule has 0 aliphatic carbocycles. The standard InChI is InChI=1S/C22H16F3N3O2/c1-30-20-9-3-6-17(13-20)27-21(29)15(14-26)11-18-8-4-10-28(18)19-7-2-5-16(12-19)22(23,24)25/h2-13H,1H3,(H,27,29). The molecule has 3 rings (SSSR count). The van der Waals surface area contributed by atoms with Crippen LogP contribution >= 0.6 is 0 Å². The van der Waals surface area contributed by atoms with Crippen LogP contribution in [0.3, 0.4) is 0 Å². The number of benzene rings is 2. The molecule has 0 atom stereocenters. The van der Waals surface area contributed by atoms with Gasteiger partial charge in [-0.15, -0.1) is 0 Å². The maximum absolute atomic E-state index is 13.0. The third-order valence-corrected chi connectivity index (χ3v) is 4.22. The molecule has 1 N–H and O–H groups in total. The lowest BCUT2D eigenvalue weighted by Crippen LogP contribution is -2.13. The summed E-state index contributed by atoms with van der Waals surface area (Å²) in [4.78, 5) is 12.5. The fraction of sp³-hybridized carbons (Fsp3) is 0.0909. The number of amides is 1. The van der Waals surface area contributed by atoms with Gasteiger partial charge in [-0.2, -0.15) is 18.4 Å². The van der Waals surface area contributed by atoms with Crippen LogP contribution in [-0.4, -0.2) is 17.6 Å². The molecule has 152 valence electrons. The van der Waals surface area contributed by atoms with E-state index < -0.39 is 17.6 Å². The van der Waals surface area contributed by atoms with E-state index in [0.29, 0.717) is 17.1 Å². The maximum Gasteiger partial charge on any atom is 0.416 e. The molecule has 0 aliphatic rings. The zero-order chi connectivity index (χ0) is 21.7. The number of anilines is 1. The topological polar surface area (TPSA) is 67.0 Å². The van der Waals surface area contributed by atoms with Crippen molar-refractivity contribution in [3.63, 3.8) is 0 Å². The minimum Gasteiger partial charge on any atom is -0.497 e. The number of carbonyl (C=O) groups excluding carboxylic acids is 1. The van der Waals surface area contributed by atoms with E-state index >= 15 is 0 Å². The molecule has 0 spiro atoms. The van der Waals surface area contributed by atoms with Gasteiger partial charge >= 0.3 is 6.18 Å². The number of rotatable bonds is 5. The summed E-state index contributed by atoms with van der Waals surface area (Å²) in [6.45, 7) is 0. The van der Waals surface area contributed by atoms with Gasteiger partial charge in [-0.3, -0.25) is 4.79 Å². The van der Waals surface area contributed by atoms with Crippen LogP contribution in [0.1, 0.15) is 11.3 Å². The molecule has 8 heteroatoms. The predicted octanol–water partition coefficient (Wildman–Crippen LogP) is 5.05. The van der Waals surface area contributed by atoms with E-state index in [1.807, 2.05) is 6.07 Å². The molecule has 1 amide bonds. The summed E-state index contributed by atoms with van der Waals surface area (Å²) in [7, 11) is 1.49. The van der Waals surface area contributed by atoms with Crippen LogP contribution < -0.4 is 10.1 Å². The largest absolute Gasteiger partial charge is 0.497 e. The lowest BCUT2D eigenvalue weighted by atomic mass is 10.1. The molecule has 5 nitrogen and oxygen atoms in total. The van der Waals surface area contributed by atoms with Crippen LogP contribution in [0.15, 0.2) is 72.4 Å². The Morgan fingerprint density at radius 1 is 1.13 bits per heavy atom. The molecule has 0 saturated heterocycles. The fourth-order valence-corrected chi connectivity index (χ4v) is 2.77. The van der Waals surface area contributed by atoms with Crippen molar-refractivity contribution in [3.8, 4) is 17.5 Å². The summed E-state index contributed by atoms with van der Waals surface area (Å²) in [5, 5.41) is 12.0. The van der Waals surface area contributed by atoms with Gasteiger partial charge in [0.2, 0.25) is 0 Å². The first-order chi connectivity index (χ1) is 14.3. The highest BCUT2D eigenvalue weighted by Gasteiger charge is 2.30. The zero-order valence-electron chi connectivity index (χ0n) is 15.8. The number of hydrogen-bond donors (Lipinski definition) is 1. The number of alkyl halides is 3. The monoisotopic (exact) mass is 411 g/mol. The number of halogens is 3. The number of nitrogens with zero attached hydrogens (tertiary/aromatic N) is 2. The van der Waals surface area contributed by atoms with Crippen molar-refractivity contribution in [2.24, 2.45) is 0 Å². The van der Waals surface area contributed by atoms with Crippen molar-refractivity contribution < 1.29 is 22.7 Å². The normalized spacial score (nSPS) is 11.6. The van der Waals surface area contributed by atoms with Gasteiger partial charge in [0, 0.05) is 29.3 Å². The van der Waals surface area contributed by atoms with E-state index in [1.54, 1.807) is 42.6 Å². The smallest absolute Gasteiger partial charge is 0.416 e. The number of methoxy groups -OCH3 is 1. The van der Waals surface area contributed by atoms with Crippen molar-refractivity contribution >= 4 is 17.7 Å². The van der Waals surface area contributed by atoms with Gasteiger partial charge in [0.15, 0.2) is 0 Å². The zero-order valence-corrected chi connectivity index (χ0v) is 15.8. The molecular formula is C22H16F3N3O2. The number of ether oxygens (including phenoxy) is 1.